The number of ether oxygens (including phenoxy) is 1. The molecule has 12 heteroatoms. The summed E-state index contributed by atoms with van der Waals surface area (Å²) in [6.07, 6.45) is 5.41. The van der Waals surface area contributed by atoms with Gasteiger partial charge in [0.15, 0.2) is 5.82 Å². The molecule has 1 atom stereocenters. The molecule has 1 aliphatic rings. The Kier molecular flexibility index (Phi) is 11.6. The number of fused-ring (bicyclic) bond motifs is 1. The second-order valence-electron chi connectivity index (χ2n) is 11.3. The first-order chi connectivity index (χ1) is 20.8. The van der Waals surface area contributed by atoms with Gasteiger partial charge in [-0.3, -0.25) is 19.4 Å². The lowest BCUT2D eigenvalue weighted by molar-refractivity contribution is -0.143. The van der Waals surface area contributed by atoms with E-state index in [1.807, 2.05) is 12.3 Å². The number of nitrogens with one attached hydrogen (secondary N) is 2. The van der Waals surface area contributed by atoms with Gasteiger partial charge in [0.25, 0.3) is 0 Å². The molecule has 43 heavy (non-hydrogen) atoms. The Hall–Kier alpha value is -3.90. The number of carbonyl (C=O) groups is 2. The van der Waals surface area contributed by atoms with Crippen molar-refractivity contribution < 1.29 is 19.4 Å². The maximum Gasteiger partial charge on any atom is 0.306 e. The highest BCUT2D eigenvalue weighted by Gasteiger charge is 2.19. The van der Waals surface area contributed by atoms with Gasteiger partial charge in [-0.15, -0.1) is 0 Å². The third-order valence-electron chi connectivity index (χ3n) is 7.93. The van der Waals surface area contributed by atoms with Gasteiger partial charge >= 0.3 is 5.97 Å². The van der Waals surface area contributed by atoms with Gasteiger partial charge in [0.1, 0.15) is 11.3 Å². The fourth-order valence-electron chi connectivity index (χ4n) is 5.38. The minimum Gasteiger partial charge on any atom is -0.496 e. The van der Waals surface area contributed by atoms with Crippen molar-refractivity contribution in [3.05, 3.63) is 41.6 Å². The smallest absolute Gasteiger partial charge is 0.306 e. The molecule has 0 aliphatic carbocycles. The first kappa shape index (κ1) is 32.0. The number of unbranched alkanes of at least 4 members (excludes halogenated alkanes) is 2. The van der Waals surface area contributed by atoms with Crippen LogP contribution in [0.25, 0.3) is 11.0 Å². The van der Waals surface area contributed by atoms with E-state index in [2.05, 4.69) is 60.1 Å². The molecule has 0 saturated carbocycles. The number of benzene rings is 1. The Morgan fingerprint density at radius 2 is 1.84 bits per heavy atom. The molecule has 0 unspecified atom stereocenters. The van der Waals surface area contributed by atoms with Gasteiger partial charge in [-0.2, -0.15) is 4.98 Å². The van der Waals surface area contributed by atoms with Crippen LogP contribution in [0.1, 0.15) is 50.7 Å². The molecule has 1 fully saturated rings. The van der Waals surface area contributed by atoms with E-state index in [0.29, 0.717) is 13.1 Å². The zero-order valence-corrected chi connectivity index (χ0v) is 25.6. The van der Waals surface area contributed by atoms with Crippen molar-refractivity contribution in [3.63, 3.8) is 0 Å². The summed E-state index contributed by atoms with van der Waals surface area (Å²) in [6, 6.07) is 8.40. The number of aromatic nitrogens is 3. The second kappa shape index (κ2) is 15.5. The number of carboxylic acid groups (broad SMARTS) is 1. The van der Waals surface area contributed by atoms with Crippen LogP contribution in [0, 0.1) is 5.92 Å². The number of carbonyl (C=O) groups excluding carboxylic acids is 1. The summed E-state index contributed by atoms with van der Waals surface area (Å²) in [6.45, 7) is 11.0. The summed E-state index contributed by atoms with van der Waals surface area (Å²) in [5.74, 6) is 0.0330. The van der Waals surface area contributed by atoms with E-state index in [4.69, 9.17) is 15.6 Å². The van der Waals surface area contributed by atoms with Crippen molar-refractivity contribution in [1.82, 2.24) is 29.7 Å². The summed E-state index contributed by atoms with van der Waals surface area (Å²) in [5, 5.41) is 15.3. The van der Waals surface area contributed by atoms with E-state index >= 15 is 0 Å². The lowest BCUT2D eigenvalue weighted by atomic mass is 10.1. The van der Waals surface area contributed by atoms with Gasteiger partial charge in [-0.05, 0) is 24.1 Å². The van der Waals surface area contributed by atoms with Crippen LogP contribution >= 0.6 is 0 Å². The van der Waals surface area contributed by atoms with Gasteiger partial charge in [0, 0.05) is 70.5 Å². The molecule has 234 valence electrons. The fraction of sp³-hybridized carbons (Fsp3) is 0.548. The number of aliphatic carboxylic acids is 1. The molecule has 1 aliphatic heterocycles. The quantitative estimate of drug-likeness (QED) is 0.182. The summed E-state index contributed by atoms with van der Waals surface area (Å²) < 4.78 is 7.96. The van der Waals surface area contributed by atoms with Crippen molar-refractivity contribution in [1.29, 1.82) is 0 Å². The average molecular weight is 595 g/mol. The number of carboxylic acids is 1. The highest BCUT2D eigenvalue weighted by atomic mass is 16.5. The molecule has 1 amide bonds. The zero-order chi connectivity index (χ0) is 30.8. The van der Waals surface area contributed by atoms with E-state index in [9.17, 15) is 9.59 Å². The van der Waals surface area contributed by atoms with Crippen molar-refractivity contribution in [2.45, 2.75) is 52.6 Å². The summed E-state index contributed by atoms with van der Waals surface area (Å²) in [5.41, 5.74) is 10.0. The molecule has 2 aromatic heterocycles. The first-order valence-corrected chi connectivity index (χ1v) is 15.2. The number of hydrogen-bond acceptors (Lipinski definition) is 9. The molecule has 3 aromatic rings. The van der Waals surface area contributed by atoms with Gasteiger partial charge in [-0.1, -0.05) is 38.8 Å². The van der Waals surface area contributed by atoms with E-state index in [1.54, 1.807) is 14.0 Å². The van der Waals surface area contributed by atoms with Crippen molar-refractivity contribution in [2.75, 3.05) is 64.0 Å². The van der Waals surface area contributed by atoms with Gasteiger partial charge in [0.2, 0.25) is 11.9 Å². The van der Waals surface area contributed by atoms with Crippen molar-refractivity contribution >= 4 is 34.7 Å². The summed E-state index contributed by atoms with van der Waals surface area (Å²) in [4.78, 5) is 36.6. The van der Waals surface area contributed by atoms with Crippen LogP contribution in [0.2, 0.25) is 0 Å². The molecule has 12 nitrogen and oxygen atoms in total. The van der Waals surface area contributed by atoms with Crippen molar-refractivity contribution in [3.8, 4) is 5.75 Å². The normalized spacial score (nSPS) is 15.0. The third-order valence-corrected chi connectivity index (χ3v) is 7.93. The molecule has 3 heterocycles. The van der Waals surface area contributed by atoms with E-state index in [0.717, 1.165) is 93.2 Å². The van der Waals surface area contributed by atoms with Crippen LogP contribution < -0.4 is 21.1 Å². The number of nitrogens with two attached hydrogens (primary N) is 1. The first-order valence-electron chi connectivity index (χ1n) is 15.2. The van der Waals surface area contributed by atoms with Crippen LogP contribution in [0.5, 0.6) is 5.75 Å². The largest absolute Gasteiger partial charge is 0.496 e. The monoisotopic (exact) mass is 594 g/mol. The Morgan fingerprint density at radius 3 is 2.56 bits per heavy atom. The molecule has 0 spiro atoms. The molecule has 1 aromatic carbocycles. The predicted molar refractivity (Wildman–Crippen MR) is 168 cm³/mol. The van der Waals surface area contributed by atoms with E-state index < -0.39 is 11.9 Å². The number of piperazine rings is 1. The number of amides is 1. The average Bonchev–Trinajstić information content (AvgIpc) is 3.39. The highest BCUT2D eigenvalue weighted by molar-refractivity contribution is 5.87. The minimum atomic E-state index is -0.950. The molecule has 1 saturated heterocycles. The predicted octanol–water partition coefficient (Wildman–Crippen LogP) is 3.02. The number of rotatable bonds is 16. The molecule has 0 radical (unpaired) electrons. The Morgan fingerprint density at radius 1 is 1.07 bits per heavy atom. The lowest BCUT2D eigenvalue weighted by Crippen LogP contribution is -2.48. The zero-order valence-electron chi connectivity index (χ0n) is 25.6. The molecule has 5 N–H and O–H groups in total. The molecular weight excluding hydrogens is 548 g/mol. The summed E-state index contributed by atoms with van der Waals surface area (Å²) in [7, 11) is 1.71. The lowest BCUT2D eigenvalue weighted by Gasteiger charge is -2.34. The van der Waals surface area contributed by atoms with Crippen LogP contribution in [0.15, 0.2) is 30.5 Å². The standard InChI is InChI=1S/C31H46N8O4/c1-4-5-6-10-34-29-28-25(35-31(32)36-29)9-12-39(28)21-24-8-7-23(19-26(24)43-3)20-38-16-14-37(15-17-38)13-11-33-27(40)18-22(2)30(41)42/h7-9,12,19,22H,4-6,10-11,13-18,20-21H2,1-3H3,(H,33,40)(H,41,42)(H3,32,34,35,36)/t22-/m1/s1. The van der Waals surface area contributed by atoms with E-state index in [1.165, 1.54) is 5.56 Å². The second-order valence-corrected chi connectivity index (χ2v) is 11.3. The SMILES string of the molecule is CCCCCNc1nc(N)nc2ccn(Cc3ccc(CN4CCN(CCNC(=O)C[C@@H](C)C(=O)O)CC4)cc3OC)c12. The summed E-state index contributed by atoms with van der Waals surface area (Å²) >= 11 is 0. The minimum absolute atomic E-state index is 0.00823. The maximum atomic E-state index is 11.9. The van der Waals surface area contributed by atoms with E-state index in [-0.39, 0.29) is 18.3 Å². The Balaban J connectivity index is 1.31. The Bertz CT molecular complexity index is 1370. The third kappa shape index (κ3) is 9.04. The molecular formula is C31H46N8O4. The van der Waals surface area contributed by atoms with Crippen LogP contribution in [0.4, 0.5) is 11.8 Å². The van der Waals surface area contributed by atoms with Crippen molar-refractivity contribution in [2.24, 2.45) is 5.92 Å². The molecule has 0 bridgehead atoms. The van der Waals surface area contributed by atoms with Gasteiger partial charge in [0.05, 0.1) is 25.1 Å². The van der Waals surface area contributed by atoms with Gasteiger partial charge < -0.3 is 30.8 Å². The number of anilines is 2. The van der Waals surface area contributed by atoms with Crippen LogP contribution in [0.3, 0.4) is 0 Å². The molecule has 4 rings (SSSR count). The number of hydrogen-bond donors (Lipinski definition) is 4. The fourth-order valence-corrected chi connectivity index (χ4v) is 5.38. The number of nitrogens with zero attached hydrogens (tertiary/aromatic N) is 5. The van der Waals surface area contributed by atoms with Gasteiger partial charge in [-0.25, -0.2) is 4.98 Å². The topological polar surface area (TPSA) is 151 Å². The maximum absolute atomic E-state index is 11.9. The number of methoxy groups -OCH3 is 1. The Labute approximate surface area is 253 Å². The number of nitrogen functional groups attached to an aromatic ring is 1. The van der Waals surface area contributed by atoms with Crippen LogP contribution in [-0.2, 0) is 22.7 Å². The van der Waals surface area contributed by atoms with Crippen LogP contribution in [-0.4, -0.2) is 94.2 Å². The highest BCUT2D eigenvalue weighted by Crippen LogP contribution is 2.27.